The Balaban J connectivity index is 3.54. The van der Waals surface area contributed by atoms with Crippen molar-refractivity contribution < 1.29 is 24.6 Å². The molecular weight excluding hydrogens is 452 g/mol. The number of carbonyl (C=O) groups is 3. The number of aliphatic hydroxyl groups is 2. The highest BCUT2D eigenvalue weighted by Crippen LogP contribution is 2.19. The Morgan fingerprint density at radius 1 is 0.824 bits per heavy atom. The highest BCUT2D eigenvalue weighted by Gasteiger charge is 2.32. The molecule has 0 heterocycles. The second-order valence-corrected chi connectivity index (χ2v) is 10.9. The molecule has 0 aliphatic rings. The lowest BCUT2D eigenvalue weighted by Gasteiger charge is -2.27. The second kappa shape index (κ2) is 21.2. The van der Waals surface area contributed by atoms with Gasteiger partial charge in [0.05, 0.1) is 12.4 Å². The molecule has 2 amide bonds. The molecule has 0 saturated heterocycles. The van der Waals surface area contributed by atoms with Crippen molar-refractivity contribution in [2.24, 2.45) is 5.41 Å². The van der Waals surface area contributed by atoms with Crippen LogP contribution in [0.3, 0.4) is 0 Å². The predicted molar refractivity (Wildman–Crippen MR) is 141 cm³/mol. The van der Waals surface area contributed by atoms with Crippen LogP contribution in [0.25, 0.3) is 0 Å². The zero-order valence-electron chi connectivity index (χ0n) is 21.8. The fourth-order valence-electron chi connectivity index (χ4n) is 3.43. The molecule has 0 radical (unpaired) electrons. The van der Waals surface area contributed by atoms with Gasteiger partial charge in [0.15, 0.2) is 0 Å². The monoisotopic (exact) mass is 502 g/mol. The molecule has 0 saturated carbocycles. The molecular formula is C26H50N2O5S. The van der Waals surface area contributed by atoms with Gasteiger partial charge in [0.1, 0.15) is 11.9 Å². The molecule has 0 spiro atoms. The number of carbonyl (C=O) groups excluding carboxylic acids is 3. The van der Waals surface area contributed by atoms with Crippen molar-refractivity contribution >= 4 is 29.4 Å². The van der Waals surface area contributed by atoms with Crippen LogP contribution in [-0.2, 0) is 14.4 Å². The average Bonchev–Trinajstić information content (AvgIpc) is 2.81. The van der Waals surface area contributed by atoms with Crippen LogP contribution in [0.5, 0.6) is 0 Å². The summed E-state index contributed by atoms with van der Waals surface area (Å²) in [5, 5.41) is 24.4. The largest absolute Gasteiger partial charge is 0.396 e. The van der Waals surface area contributed by atoms with E-state index in [1.807, 2.05) is 0 Å². The molecule has 200 valence electrons. The van der Waals surface area contributed by atoms with Crippen molar-refractivity contribution in [1.29, 1.82) is 0 Å². The Kier molecular flexibility index (Phi) is 20.5. The summed E-state index contributed by atoms with van der Waals surface area (Å²) in [4.78, 5) is 35.6. The molecule has 0 aromatic heterocycles. The number of rotatable bonds is 23. The van der Waals surface area contributed by atoms with E-state index in [2.05, 4.69) is 17.6 Å². The number of nitrogens with one attached hydrogen (secondary N) is 2. The maximum absolute atomic E-state index is 12.0. The van der Waals surface area contributed by atoms with Gasteiger partial charge in [-0.1, -0.05) is 85.0 Å². The van der Waals surface area contributed by atoms with E-state index in [1.54, 1.807) is 13.8 Å². The average molecular weight is 503 g/mol. The highest BCUT2D eigenvalue weighted by molar-refractivity contribution is 7.99. The maximum atomic E-state index is 12.0. The lowest BCUT2D eigenvalue weighted by Crippen LogP contribution is -2.46. The zero-order valence-corrected chi connectivity index (χ0v) is 22.6. The summed E-state index contributed by atoms with van der Waals surface area (Å²) in [6, 6.07) is 0. The van der Waals surface area contributed by atoms with Crippen molar-refractivity contribution in [3.8, 4) is 0 Å². The SMILES string of the molecule is CCCCCCCCCCCCCC(=O)CSCCNC(=O)CCNC(=O)[C@H](O)C(C)(C)CO. The van der Waals surface area contributed by atoms with E-state index in [-0.39, 0.29) is 31.3 Å². The van der Waals surface area contributed by atoms with Crippen LogP contribution < -0.4 is 10.6 Å². The summed E-state index contributed by atoms with van der Waals surface area (Å²) in [7, 11) is 0. The first-order valence-electron chi connectivity index (χ1n) is 13.2. The molecule has 0 aliphatic heterocycles. The predicted octanol–water partition coefficient (Wildman–Crippen LogP) is 3.99. The van der Waals surface area contributed by atoms with Crippen molar-refractivity contribution in [1.82, 2.24) is 10.6 Å². The van der Waals surface area contributed by atoms with Crippen LogP contribution >= 0.6 is 11.8 Å². The molecule has 4 N–H and O–H groups in total. The van der Waals surface area contributed by atoms with Gasteiger partial charge < -0.3 is 20.8 Å². The lowest BCUT2D eigenvalue weighted by molar-refractivity contribution is -0.137. The van der Waals surface area contributed by atoms with Crippen LogP contribution in [0, 0.1) is 5.41 Å². The first-order chi connectivity index (χ1) is 16.2. The maximum Gasteiger partial charge on any atom is 0.249 e. The minimum Gasteiger partial charge on any atom is -0.396 e. The number of hydrogen-bond donors (Lipinski definition) is 4. The number of unbranched alkanes of at least 4 members (excludes halogenated alkanes) is 10. The molecule has 0 aromatic carbocycles. The molecule has 7 nitrogen and oxygen atoms in total. The van der Waals surface area contributed by atoms with Crippen molar-refractivity contribution in [2.75, 3.05) is 31.2 Å². The standard InChI is InChI=1S/C26H50N2O5S/c1-4-5-6-7-8-9-10-11-12-13-14-15-22(30)20-34-19-18-27-23(31)16-17-28-25(33)24(32)26(2,3)21-29/h24,29,32H,4-21H2,1-3H3,(H,27,31)(H,28,33)/t24-/m0/s1. The molecule has 0 fully saturated rings. The van der Waals surface area contributed by atoms with Gasteiger partial charge in [0.25, 0.3) is 0 Å². The summed E-state index contributed by atoms with van der Waals surface area (Å²) in [6.07, 6.45) is 13.5. The van der Waals surface area contributed by atoms with Gasteiger partial charge >= 0.3 is 0 Å². The normalized spacial score (nSPS) is 12.4. The molecule has 0 aliphatic carbocycles. The molecule has 0 rings (SSSR count). The van der Waals surface area contributed by atoms with Gasteiger partial charge in [-0.2, -0.15) is 11.8 Å². The molecule has 1 atom stereocenters. The van der Waals surface area contributed by atoms with Crippen LogP contribution in [0.2, 0.25) is 0 Å². The molecule has 8 heteroatoms. The molecule has 34 heavy (non-hydrogen) atoms. The first-order valence-corrected chi connectivity index (χ1v) is 14.3. The third-order valence-electron chi connectivity index (χ3n) is 5.94. The van der Waals surface area contributed by atoms with E-state index in [0.29, 0.717) is 24.5 Å². The van der Waals surface area contributed by atoms with Gasteiger partial charge in [-0.25, -0.2) is 0 Å². The summed E-state index contributed by atoms with van der Waals surface area (Å²) >= 11 is 1.53. The third-order valence-corrected chi connectivity index (χ3v) is 6.96. The number of thioether (sulfide) groups is 1. The summed E-state index contributed by atoms with van der Waals surface area (Å²) < 4.78 is 0. The topological polar surface area (TPSA) is 116 Å². The van der Waals surface area contributed by atoms with Crippen LogP contribution in [0.15, 0.2) is 0 Å². The van der Waals surface area contributed by atoms with Crippen LogP contribution in [0.4, 0.5) is 0 Å². The van der Waals surface area contributed by atoms with Crippen molar-refractivity contribution in [3.05, 3.63) is 0 Å². The van der Waals surface area contributed by atoms with Crippen molar-refractivity contribution in [3.63, 3.8) is 0 Å². The van der Waals surface area contributed by atoms with Gasteiger partial charge in [0, 0.05) is 37.1 Å². The number of amides is 2. The van der Waals surface area contributed by atoms with E-state index in [1.165, 1.54) is 69.5 Å². The van der Waals surface area contributed by atoms with Crippen LogP contribution in [0.1, 0.15) is 104 Å². The second-order valence-electron chi connectivity index (χ2n) is 9.82. The fraction of sp³-hybridized carbons (Fsp3) is 0.885. The molecule has 0 aromatic rings. The van der Waals surface area contributed by atoms with Gasteiger partial charge in [0.2, 0.25) is 11.8 Å². The molecule has 0 bridgehead atoms. The minimum atomic E-state index is -1.33. The van der Waals surface area contributed by atoms with E-state index in [9.17, 15) is 24.6 Å². The van der Waals surface area contributed by atoms with Gasteiger partial charge in [-0.05, 0) is 6.42 Å². The van der Waals surface area contributed by atoms with E-state index >= 15 is 0 Å². The zero-order chi connectivity index (χ0) is 25.7. The first kappa shape index (κ1) is 32.9. The number of Topliss-reactive ketones (excluding diaryl/α,β-unsaturated/α-hetero) is 1. The van der Waals surface area contributed by atoms with Crippen molar-refractivity contribution in [2.45, 2.75) is 110 Å². The number of aliphatic hydroxyl groups excluding tert-OH is 2. The Morgan fingerprint density at radius 3 is 1.94 bits per heavy atom. The smallest absolute Gasteiger partial charge is 0.249 e. The minimum absolute atomic E-state index is 0.112. The third kappa shape index (κ3) is 18.2. The lowest BCUT2D eigenvalue weighted by atomic mass is 9.87. The van der Waals surface area contributed by atoms with E-state index in [0.717, 1.165) is 12.8 Å². The van der Waals surface area contributed by atoms with E-state index in [4.69, 9.17) is 0 Å². The quantitative estimate of drug-likeness (QED) is 0.157. The van der Waals surface area contributed by atoms with E-state index < -0.39 is 17.4 Å². The Hall–Kier alpha value is -1.12. The number of hydrogen-bond acceptors (Lipinski definition) is 6. The van der Waals surface area contributed by atoms with Gasteiger partial charge in [-0.15, -0.1) is 0 Å². The Morgan fingerprint density at radius 2 is 1.38 bits per heavy atom. The fourth-order valence-corrected chi connectivity index (χ4v) is 4.20. The summed E-state index contributed by atoms with van der Waals surface area (Å²) in [5.41, 5.74) is -0.936. The van der Waals surface area contributed by atoms with Crippen LogP contribution in [-0.4, -0.2) is 65.1 Å². The summed E-state index contributed by atoms with van der Waals surface area (Å²) in [6.45, 7) is 5.70. The Labute approximate surface area is 211 Å². The summed E-state index contributed by atoms with van der Waals surface area (Å²) in [5.74, 6) is 0.649. The van der Waals surface area contributed by atoms with Gasteiger partial charge in [-0.3, -0.25) is 14.4 Å². The molecule has 0 unspecified atom stereocenters. The number of ketones is 1. The highest BCUT2D eigenvalue weighted by atomic mass is 32.2. The Bertz CT molecular complexity index is 557.